The van der Waals surface area contributed by atoms with Gasteiger partial charge in [-0.2, -0.15) is 15.2 Å². The van der Waals surface area contributed by atoms with Gasteiger partial charge in [0.2, 0.25) is 0 Å². The number of hydrogen-bond donors (Lipinski definition) is 0. The summed E-state index contributed by atoms with van der Waals surface area (Å²) in [6.07, 6.45) is 6.14. The second-order valence-corrected chi connectivity index (χ2v) is 4.56. The fraction of sp³-hybridized carbons (Fsp3) is 0.154. The van der Waals surface area contributed by atoms with Crippen LogP contribution >= 0.6 is 0 Å². The molecule has 0 radical (unpaired) electrons. The Morgan fingerprint density at radius 3 is 2.90 bits per heavy atom. The highest BCUT2D eigenvalue weighted by atomic mass is 15.3. The highest BCUT2D eigenvalue weighted by Gasteiger charge is 2.07. The van der Waals surface area contributed by atoms with E-state index in [-0.39, 0.29) is 0 Å². The molecule has 0 atom stereocenters. The van der Waals surface area contributed by atoms with E-state index in [1.165, 1.54) is 0 Å². The van der Waals surface area contributed by atoms with Crippen molar-refractivity contribution < 1.29 is 0 Å². The largest absolute Gasteiger partial charge is 0.252 e. The summed E-state index contributed by atoms with van der Waals surface area (Å²) in [5, 5.41) is 8.67. The van der Waals surface area contributed by atoms with Crippen LogP contribution in [0.15, 0.2) is 36.8 Å². The third-order valence-electron chi connectivity index (χ3n) is 3.02. The third-order valence-corrected chi connectivity index (χ3v) is 3.02. The first kappa shape index (κ1) is 11.0. The molecule has 4 rings (SSSR count). The molecular weight excluding hydrogens is 254 g/mol. The van der Waals surface area contributed by atoms with Crippen LogP contribution in [-0.2, 0) is 6.42 Å². The van der Waals surface area contributed by atoms with Crippen LogP contribution in [0.2, 0.25) is 0 Å². The molecule has 20 heavy (non-hydrogen) atoms. The summed E-state index contributed by atoms with van der Waals surface area (Å²) in [4.78, 5) is 13.0. The lowest BCUT2D eigenvalue weighted by molar-refractivity contribution is 0.871. The molecule has 0 aliphatic rings. The molecule has 4 aromatic heterocycles. The van der Waals surface area contributed by atoms with Crippen molar-refractivity contribution in [2.75, 3.05) is 0 Å². The molecule has 0 aromatic carbocycles. The zero-order chi connectivity index (χ0) is 13.5. The Morgan fingerprint density at radius 2 is 2.00 bits per heavy atom. The topological polar surface area (TPSA) is 73.3 Å². The van der Waals surface area contributed by atoms with Gasteiger partial charge in [0.25, 0.3) is 5.78 Å². The molecule has 0 spiro atoms. The summed E-state index contributed by atoms with van der Waals surface area (Å²) < 4.78 is 3.43. The Hall–Kier alpha value is -2.83. The van der Waals surface area contributed by atoms with Crippen LogP contribution in [0.3, 0.4) is 0 Å². The molecule has 0 amide bonds. The number of nitrogens with zero attached hydrogens (tertiary/aromatic N) is 7. The normalized spacial score (nSPS) is 11.4. The van der Waals surface area contributed by atoms with E-state index in [1.807, 2.05) is 37.5 Å². The Morgan fingerprint density at radius 1 is 1.05 bits per heavy atom. The Kier molecular flexibility index (Phi) is 2.26. The average Bonchev–Trinajstić information content (AvgIpc) is 2.99. The van der Waals surface area contributed by atoms with Crippen LogP contribution in [-0.4, -0.2) is 34.2 Å². The van der Waals surface area contributed by atoms with Crippen molar-refractivity contribution in [2.45, 2.75) is 13.3 Å². The summed E-state index contributed by atoms with van der Waals surface area (Å²) in [5.74, 6) is 1.33. The van der Waals surface area contributed by atoms with Gasteiger partial charge in [0.05, 0.1) is 11.4 Å². The number of hydrogen-bond acceptors (Lipinski definition) is 5. The smallest absolute Gasteiger partial charge is 0.237 e. The number of aromatic nitrogens is 7. The first-order valence-electron chi connectivity index (χ1n) is 6.26. The van der Waals surface area contributed by atoms with Crippen molar-refractivity contribution in [1.82, 2.24) is 34.2 Å². The Bertz CT molecular complexity index is 872. The molecule has 0 unspecified atom stereocenters. The van der Waals surface area contributed by atoms with Gasteiger partial charge in [0, 0.05) is 31.1 Å². The molecule has 98 valence electrons. The van der Waals surface area contributed by atoms with E-state index in [2.05, 4.69) is 25.1 Å². The van der Waals surface area contributed by atoms with Gasteiger partial charge in [-0.1, -0.05) is 0 Å². The van der Waals surface area contributed by atoms with E-state index in [0.29, 0.717) is 18.0 Å². The Labute approximate surface area is 113 Å². The first-order chi connectivity index (χ1) is 9.78. The summed E-state index contributed by atoms with van der Waals surface area (Å²) in [7, 11) is 0. The summed E-state index contributed by atoms with van der Waals surface area (Å²) in [6, 6.07) is 5.74. The van der Waals surface area contributed by atoms with Crippen LogP contribution in [0.5, 0.6) is 0 Å². The first-order valence-corrected chi connectivity index (χ1v) is 6.26. The lowest BCUT2D eigenvalue weighted by atomic mass is 10.2. The van der Waals surface area contributed by atoms with Crippen LogP contribution in [0.1, 0.15) is 17.2 Å². The highest BCUT2D eigenvalue weighted by Crippen LogP contribution is 2.09. The van der Waals surface area contributed by atoms with Crippen molar-refractivity contribution >= 4 is 11.4 Å². The van der Waals surface area contributed by atoms with Gasteiger partial charge < -0.3 is 0 Å². The molecule has 0 aliphatic carbocycles. The van der Waals surface area contributed by atoms with Crippen LogP contribution in [0, 0.1) is 6.92 Å². The van der Waals surface area contributed by atoms with Gasteiger partial charge in [-0.3, -0.25) is 0 Å². The van der Waals surface area contributed by atoms with Gasteiger partial charge in [-0.15, -0.1) is 0 Å². The van der Waals surface area contributed by atoms with Gasteiger partial charge in [-0.05, 0) is 19.1 Å². The second-order valence-electron chi connectivity index (χ2n) is 4.56. The molecule has 0 aliphatic heterocycles. The molecule has 0 N–H and O–H groups in total. The maximum absolute atomic E-state index is 4.48. The molecule has 0 bridgehead atoms. The van der Waals surface area contributed by atoms with Crippen molar-refractivity contribution in [3.8, 4) is 0 Å². The maximum Gasteiger partial charge on any atom is 0.252 e. The summed E-state index contributed by atoms with van der Waals surface area (Å²) in [6.45, 7) is 1.85. The van der Waals surface area contributed by atoms with Crippen LogP contribution in [0.25, 0.3) is 11.4 Å². The molecule has 7 heteroatoms. The number of rotatable bonds is 2. The second kappa shape index (κ2) is 4.09. The van der Waals surface area contributed by atoms with E-state index in [9.17, 15) is 0 Å². The van der Waals surface area contributed by atoms with E-state index < -0.39 is 0 Å². The van der Waals surface area contributed by atoms with Crippen LogP contribution in [0.4, 0.5) is 0 Å². The lowest BCUT2D eigenvalue weighted by Crippen LogP contribution is -1.98. The van der Waals surface area contributed by atoms with E-state index in [4.69, 9.17) is 0 Å². The van der Waals surface area contributed by atoms with Crippen molar-refractivity contribution in [2.24, 2.45) is 0 Å². The van der Waals surface area contributed by atoms with Gasteiger partial charge >= 0.3 is 0 Å². The Balaban J connectivity index is 1.72. The highest BCUT2D eigenvalue weighted by molar-refractivity contribution is 5.39. The zero-order valence-corrected chi connectivity index (χ0v) is 10.8. The molecule has 4 heterocycles. The van der Waals surface area contributed by atoms with Gasteiger partial charge in [-0.25, -0.2) is 19.0 Å². The number of aryl methyl sites for hydroxylation is 1. The minimum absolute atomic E-state index is 0.613. The fourth-order valence-corrected chi connectivity index (χ4v) is 2.17. The molecule has 4 aromatic rings. The summed E-state index contributed by atoms with van der Waals surface area (Å²) >= 11 is 0. The molecule has 0 fully saturated rings. The van der Waals surface area contributed by atoms with Gasteiger partial charge in [0.1, 0.15) is 5.82 Å². The predicted octanol–water partition coefficient (Wildman–Crippen LogP) is 1.07. The monoisotopic (exact) mass is 265 g/mol. The lowest BCUT2D eigenvalue weighted by Gasteiger charge is -1.97. The van der Waals surface area contributed by atoms with E-state index >= 15 is 0 Å². The van der Waals surface area contributed by atoms with Crippen molar-refractivity contribution in [1.29, 1.82) is 0 Å². The van der Waals surface area contributed by atoms with Crippen molar-refractivity contribution in [3.63, 3.8) is 0 Å². The fourth-order valence-electron chi connectivity index (χ4n) is 2.17. The molecule has 7 nitrogen and oxygen atoms in total. The predicted molar refractivity (Wildman–Crippen MR) is 71.3 cm³/mol. The number of fused-ring (bicyclic) bond motifs is 2. The maximum atomic E-state index is 4.48. The quantitative estimate of drug-likeness (QED) is 0.542. The molecule has 0 saturated heterocycles. The minimum Gasteiger partial charge on any atom is -0.237 e. The molecule has 0 saturated carbocycles. The zero-order valence-electron chi connectivity index (χ0n) is 10.8. The van der Waals surface area contributed by atoms with Gasteiger partial charge in [0.15, 0.2) is 5.65 Å². The van der Waals surface area contributed by atoms with Crippen molar-refractivity contribution in [3.05, 3.63) is 54.0 Å². The molecular formula is C13H11N7. The van der Waals surface area contributed by atoms with Crippen LogP contribution < -0.4 is 0 Å². The van der Waals surface area contributed by atoms with E-state index in [0.717, 1.165) is 17.0 Å². The average molecular weight is 265 g/mol. The third kappa shape index (κ3) is 1.80. The van der Waals surface area contributed by atoms with E-state index in [1.54, 1.807) is 15.2 Å². The summed E-state index contributed by atoms with van der Waals surface area (Å²) in [5.41, 5.74) is 2.67. The standard InChI is InChI=1S/C13H11N7/c1-9-15-13-16-10(3-6-20(13)17-9)7-11-8-12-14-4-2-5-19(12)18-11/h2-6,8H,7H2,1H3. The SMILES string of the molecule is Cc1nc2nc(Cc3cc4ncccn4n3)ccn2n1. The minimum atomic E-state index is 0.613.